The maximum atomic E-state index is 14.0. The van der Waals surface area contributed by atoms with Crippen molar-refractivity contribution in [3.63, 3.8) is 0 Å². The molecule has 1 aromatic heterocycles. The van der Waals surface area contributed by atoms with Crippen LogP contribution in [0.1, 0.15) is 20.8 Å². The van der Waals surface area contributed by atoms with Crippen LogP contribution in [0.25, 0.3) is 0 Å². The average molecular weight is 339 g/mol. The number of aromatic nitrogens is 1. The first-order valence-electron chi connectivity index (χ1n) is 6.82. The van der Waals surface area contributed by atoms with E-state index >= 15 is 0 Å². The summed E-state index contributed by atoms with van der Waals surface area (Å²) < 4.78 is 24.6. The molecule has 122 valence electrons. The minimum absolute atomic E-state index is 0.000592. The fourth-order valence-corrected chi connectivity index (χ4v) is 1.82. The minimum Gasteiger partial charge on any atom is -0.457 e. The van der Waals surface area contributed by atoms with E-state index in [1.165, 1.54) is 24.4 Å². The summed E-state index contributed by atoms with van der Waals surface area (Å²) in [6.45, 7) is 5.17. The van der Waals surface area contributed by atoms with E-state index < -0.39 is 17.5 Å². The smallest absolute Gasteiger partial charge is 0.412 e. The number of ether oxygens (including phenoxy) is 2. The zero-order valence-electron chi connectivity index (χ0n) is 12.9. The lowest BCUT2D eigenvalue weighted by molar-refractivity contribution is 0.0635. The lowest BCUT2D eigenvalue weighted by Gasteiger charge is -2.19. The fraction of sp³-hybridized carbons (Fsp3) is 0.250. The zero-order chi connectivity index (χ0) is 17.0. The van der Waals surface area contributed by atoms with E-state index in [4.69, 9.17) is 21.1 Å². The number of benzene rings is 1. The molecule has 0 spiro atoms. The van der Waals surface area contributed by atoms with Crippen molar-refractivity contribution in [1.29, 1.82) is 0 Å². The Kier molecular flexibility index (Phi) is 5.05. The molecule has 1 amide bonds. The van der Waals surface area contributed by atoms with Gasteiger partial charge in [-0.1, -0.05) is 11.6 Å². The quantitative estimate of drug-likeness (QED) is 0.799. The number of hydrogen-bond donors (Lipinski definition) is 1. The van der Waals surface area contributed by atoms with Crippen molar-refractivity contribution in [2.24, 2.45) is 0 Å². The van der Waals surface area contributed by atoms with Crippen LogP contribution in [0.4, 0.5) is 14.9 Å². The third-order valence-electron chi connectivity index (χ3n) is 2.51. The molecular weight excluding hydrogens is 323 g/mol. The van der Waals surface area contributed by atoms with Crippen molar-refractivity contribution in [3.05, 3.63) is 47.5 Å². The van der Waals surface area contributed by atoms with E-state index in [-0.39, 0.29) is 16.6 Å². The monoisotopic (exact) mass is 338 g/mol. The predicted molar refractivity (Wildman–Crippen MR) is 85.6 cm³/mol. The number of carbonyl (C=O) groups is 1. The first-order valence-corrected chi connectivity index (χ1v) is 7.20. The summed E-state index contributed by atoms with van der Waals surface area (Å²) in [5.41, 5.74) is -0.663. The highest BCUT2D eigenvalue weighted by atomic mass is 35.5. The molecule has 5 nitrogen and oxygen atoms in total. The second kappa shape index (κ2) is 6.83. The molecule has 0 bridgehead atoms. The normalized spacial score (nSPS) is 11.0. The number of carbonyl (C=O) groups excluding carboxylic acids is 1. The van der Waals surface area contributed by atoms with Crippen LogP contribution in [-0.4, -0.2) is 16.7 Å². The molecule has 2 rings (SSSR count). The molecule has 0 aliphatic carbocycles. The lowest BCUT2D eigenvalue weighted by atomic mass is 10.2. The van der Waals surface area contributed by atoms with Crippen molar-refractivity contribution in [2.75, 3.05) is 5.32 Å². The van der Waals surface area contributed by atoms with Crippen LogP contribution < -0.4 is 10.1 Å². The van der Waals surface area contributed by atoms with Gasteiger partial charge in [0.05, 0.1) is 5.69 Å². The van der Waals surface area contributed by atoms with Crippen molar-refractivity contribution in [1.82, 2.24) is 4.98 Å². The van der Waals surface area contributed by atoms with Crippen molar-refractivity contribution in [2.45, 2.75) is 26.4 Å². The Hall–Kier alpha value is -2.34. The van der Waals surface area contributed by atoms with Crippen LogP contribution in [0.2, 0.25) is 5.15 Å². The molecule has 7 heteroatoms. The summed E-state index contributed by atoms with van der Waals surface area (Å²) >= 11 is 5.75. The van der Waals surface area contributed by atoms with Gasteiger partial charge in [-0.25, -0.2) is 14.2 Å². The number of nitrogens with one attached hydrogen (secondary N) is 1. The summed E-state index contributed by atoms with van der Waals surface area (Å²) in [7, 11) is 0. The van der Waals surface area contributed by atoms with Crippen LogP contribution in [-0.2, 0) is 4.74 Å². The molecule has 1 heterocycles. The SMILES string of the molecule is CC(C)(C)OC(=O)Nc1ccc(Oc2ccnc(Cl)c2)cc1F. The van der Waals surface area contributed by atoms with E-state index in [0.29, 0.717) is 5.75 Å². The van der Waals surface area contributed by atoms with Crippen LogP contribution >= 0.6 is 11.6 Å². The van der Waals surface area contributed by atoms with E-state index in [0.717, 1.165) is 6.07 Å². The largest absolute Gasteiger partial charge is 0.457 e. The number of anilines is 1. The predicted octanol–water partition coefficient (Wildman–Crippen LogP) is 5.01. The van der Waals surface area contributed by atoms with Crippen molar-refractivity contribution >= 4 is 23.4 Å². The Balaban J connectivity index is 2.07. The molecule has 2 aromatic rings. The highest BCUT2D eigenvalue weighted by Gasteiger charge is 2.17. The molecule has 0 radical (unpaired) electrons. The molecule has 0 aliphatic heterocycles. The third kappa shape index (κ3) is 5.41. The molecule has 0 fully saturated rings. The van der Waals surface area contributed by atoms with Gasteiger partial charge in [-0.2, -0.15) is 0 Å². The van der Waals surface area contributed by atoms with Crippen LogP contribution in [0.5, 0.6) is 11.5 Å². The molecule has 0 saturated heterocycles. The van der Waals surface area contributed by atoms with Gasteiger partial charge in [-0.15, -0.1) is 0 Å². The summed E-state index contributed by atoms with van der Waals surface area (Å²) in [5, 5.41) is 2.61. The first-order chi connectivity index (χ1) is 10.7. The van der Waals surface area contributed by atoms with Gasteiger partial charge in [0.15, 0.2) is 5.82 Å². The number of hydrogen-bond acceptors (Lipinski definition) is 4. The van der Waals surface area contributed by atoms with Gasteiger partial charge in [0.1, 0.15) is 22.3 Å². The van der Waals surface area contributed by atoms with Crippen LogP contribution in [0.15, 0.2) is 36.5 Å². The topological polar surface area (TPSA) is 60.5 Å². The molecule has 0 saturated carbocycles. The van der Waals surface area contributed by atoms with Gasteiger partial charge >= 0.3 is 6.09 Å². The molecule has 0 unspecified atom stereocenters. The molecular formula is C16H16ClFN2O3. The highest BCUT2D eigenvalue weighted by molar-refractivity contribution is 6.29. The Bertz CT molecular complexity index is 717. The van der Waals surface area contributed by atoms with Gasteiger partial charge in [0, 0.05) is 18.3 Å². The fourth-order valence-electron chi connectivity index (χ4n) is 1.66. The molecule has 23 heavy (non-hydrogen) atoms. The van der Waals surface area contributed by atoms with E-state index in [1.54, 1.807) is 26.8 Å². The first kappa shape index (κ1) is 17.0. The molecule has 1 N–H and O–H groups in total. The van der Waals surface area contributed by atoms with E-state index in [9.17, 15) is 9.18 Å². The third-order valence-corrected chi connectivity index (χ3v) is 2.72. The van der Waals surface area contributed by atoms with Gasteiger partial charge < -0.3 is 9.47 Å². The van der Waals surface area contributed by atoms with Crippen LogP contribution in [0, 0.1) is 5.82 Å². The highest BCUT2D eigenvalue weighted by Crippen LogP contribution is 2.26. The number of pyridine rings is 1. The van der Waals surface area contributed by atoms with Gasteiger partial charge in [0.25, 0.3) is 0 Å². The molecule has 0 aliphatic rings. The minimum atomic E-state index is -0.731. The standard InChI is InChI=1S/C16H16ClFN2O3/c1-16(2,3)23-15(21)20-13-5-4-10(8-12(13)18)22-11-6-7-19-14(17)9-11/h4-9H,1-3H3,(H,20,21). The maximum Gasteiger partial charge on any atom is 0.412 e. The summed E-state index contributed by atoms with van der Waals surface area (Å²) in [6, 6.07) is 7.16. The number of rotatable bonds is 3. The van der Waals surface area contributed by atoms with E-state index in [1.807, 2.05) is 0 Å². The Labute approximate surface area is 138 Å². The Morgan fingerprint density at radius 3 is 2.52 bits per heavy atom. The number of amides is 1. The Morgan fingerprint density at radius 2 is 1.91 bits per heavy atom. The maximum absolute atomic E-state index is 14.0. The second-order valence-electron chi connectivity index (χ2n) is 5.68. The van der Waals surface area contributed by atoms with Crippen LogP contribution in [0.3, 0.4) is 0 Å². The summed E-state index contributed by atoms with van der Waals surface area (Å²) in [4.78, 5) is 15.5. The van der Waals surface area contributed by atoms with E-state index in [2.05, 4.69) is 10.3 Å². The summed E-state index contributed by atoms with van der Waals surface area (Å²) in [5.74, 6) is 0.0465. The average Bonchev–Trinajstić information content (AvgIpc) is 2.40. The summed E-state index contributed by atoms with van der Waals surface area (Å²) in [6.07, 6.45) is 0.748. The Morgan fingerprint density at radius 1 is 1.22 bits per heavy atom. The number of halogens is 2. The van der Waals surface area contributed by atoms with Gasteiger partial charge in [0.2, 0.25) is 0 Å². The molecule has 1 aromatic carbocycles. The second-order valence-corrected chi connectivity index (χ2v) is 6.07. The molecule has 0 atom stereocenters. The zero-order valence-corrected chi connectivity index (χ0v) is 13.6. The van der Waals surface area contributed by atoms with Gasteiger partial charge in [-0.05, 0) is 39.0 Å². The lowest BCUT2D eigenvalue weighted by Crippen LogP contribution is -2.27. The van der Waals surface area contributed by atoms with Gasteiger partial charge in [-0.3, -0.25) is 5.32 Å². The van der Waals surface area contributed by atoms with Crippen molar-refractivity contribution in [3.8, 4) is 11.5 Å². The van der Waals surface area contributed by atoms with Crippen molar-refractivity contribution < 1.29 is 18.7 Å². The number of nitrogens with zero attached hydrogens (tertiary/aromatic N) is 1.